The van der Waals surface area contributed by atoms with E-state index >= 15 is 0 Å². The predicted octanol–water partition coefficient (Wildman–Crippen LogP) is 3.02. The van der Waals surface area contributed by atoms with Crippen LogP contribution in [0, 0.1) is 17.1 Å². The van der Waals surface area contributed by atoms with Gasteiger partial charge >= 0.3 is 0 Å². The van der Waals surface area contributed by atoms with Crippen LogP contribution in [0.2, 0.25) is 0 Å². The summed E-state index contributed by atoms with van der Waals surface area (Å²) in [5.41, 5.74) is 2.46. The van der Waals surface area contributed by atoms with Gasteiger partial charge in [-0.2, -0.15) is 5.26 Å². The third-order valence-corrected chi connectivity index (χ3v) is 4.28. The SMILES string of the molecule is N#Cc1ccc(F)c(CN2CCN(Cc3ccccc3)CC2)c1. The molecule has 0 amide bonds. The fraction of sp³-hybridized carbons (Fsp3) is 0.316. The Morgan fingerprint density at radius 3 is 2.22 bits per heavy atom. The molecule has 118 valence electrons. The third-order valence-electron chi connectivity index (χ3n) is 4.28. The quantitative estimate of drug-likeness (QED) is 0.870. The van der Waals surface area contributed by atoms with Crippen LogP contribution in [0.15, 0.2) is 48.5 Å². The summed E-state index contributed by atoms with van der Waals surface area (Å²) in [6.45, 7) is 5.34. The van der Waals surface area contributed by atoms with Crippen LogP contribution in [-0.4, -0.2) is 36.0 Å². The molecule has 0 saturated carbocycles. The first-order valence-corrected chi connectivity index (χ1v) is 7.92. The molecule has 1 saturated heterocycles. The van der Waals surface area contributed by atoms with Gasteiger partial charge in [-0.3, -0.25) is 9.80 Å². The maximum atomic E-state index is 13.9. The standard InChI is InChI=1S/C19H20FN3/c20-19-7-6-17(13-21)12-18(19)15-23-10-8-22(9-11-23)14-16-4-2-1-3-5-16/h1-7,12H,8-11,14-15H2. The van der Waals surface area contributed by atoms with Gasteiger partial charge in [0, 0.05) is 44.8 Å². The highest BCUT2D eigenvalue weighted by atomic mass is 19.1. The fourth-order valence-corrected chi connectivity index (χ4v) is 2.95. The molecule has 3 rings (SSSR count). The lowest BCUT2D eigenvalue weighted by atomic mass is 10.1. The van der Waals surface area contributed by atoms with E-state index in [-0.39, 0.29) is 5.82 Å². The van der Waals surface area contributed by atoms with Crippen LogP contribution in [0.3, 0.4) is 0 Å². The lowest BCUT2D eigenvalue weighted by Gasteiger charge is -2.34. The first-order valence-electron chi connectivity index (χ1n) is 7.92. The summed E-state index contributed by atoms with van der Waals surface area (Å²) in [7, 11) is 0. The smallest absolute Gasteiger partial charge is 0.127 e. The Hall–Kier alpha value is -2.22. The first kappa shape index (κ1) is 15.7. The van der Waals surface area contributed by atoms with E-state index in [9.17, 15) is 4.39 Å². The third kappa shape index (κ3) is 4.16. The van der Waals surface area contributed by atoms with Gasteiger partial charge in [-0.05, 0) is 23.8 Å². The monoisotopic (exact) mass is 309 g/mol. The van der Waals surface area contributed by atoms with Crippen molar-refractivity contribution in [2.75, 3.05) is 26.2 Å². The number of nitriles is 1. The molecule has 0 spiro atoms. The summed E-state index contributed by atoms with van der Waals surface area (Å²) in [6.07, 6.45) is 0. The molecule has 1 aliphatic rings. The fourth-order valence-electron chi connectivity index (χ4n) is 2.95. The molecule has 23 heavy (non-hydrogen) atoms. The van der Waals surface area contributed by atoms with Crippen molar-refractivity contribution in [1.82, 2.24) is 9.80 Å². The number of rotatable bonds is 4. The molecule has 0 N–H and O–H groups in total. The summed E-state index contributed by atoms with van der Waals surface area (Å²) in [5, 5.41) is 8.94. The molecule has 4 heteroatoms. The highest BCUT2D eigenvalue weighted by molar-refractivity contribution is 5.33. The van der Waals surface area contributed by atoms with Crippen molar-refractivity contribution in [2.45, 2.75) is 13.1 Å². The van der Waals surface area contributed by atoms with Gasteiger partial charge in [0.15, 0.2) is 0 Å². The highest BCUT2D eigenvalue weighted by Gasteiger charge is 2.18. The zero-order chi connectivity index (χ0) is 16.1. The lowest BCUT2D eigenvalue weighted by Crippen LogP contribution is -2.45. The number of piperazine rings is 1. The van der Waals surface area contributed by atoms with E-state index in [4.69, 9.17) is 5.26 Å². The summed E-state index contributed by atoms with van der Waals surface area (Å²) in [4.78, 5) is 4.68. The van der Waals surface area contributed by atoms with Crippen LogP contribution in [0.1, 0.15) is 16.7 Å². The van der Waals surface area contributed by atoms with Crippen LogP contribution in [0.25, 0.3) is 0 Å². The maximum Gasteiger partial charge on any atom is 0.127 e. The molecule has 0 atom stereocenters. The minimum atomic E-state index is -0.226. The zero-order valence-corrected chi connectivity index (χ0v) is 13.1. The van der Waals surface area contributed by atoms with Gasteiger partial charge in [0.1, 0.15) is 5.82 Å². The van der Waals surface area contributed by atoms with E-state index in [1.807, 2.05) is 6.07 Å². The molecule has 2 aromatic rings. The van der Waals surface area contributed by atoms with E-state index in [0.717, 1.165) is 32.7 Å². The van der Waals surface area contributed by atoms with Gasteiger partial charge in [0.25, 0.3) is 0 Å². The number of nitrogens with zero attached hydrogens (tertiary/aromatic N) is 3. The van der Waals surface area contributed by atoms with Crippen molar-refractivity contribution < 1.29 is 4.39 Å². The minimum Gasteiger partial charge on any atom is -0.297 e. The lowest BCUT2D eigenvalue weighted by molar-refractivity contribution is 0.121. The molecule has 0 unspecified atom stereocenters. The van der Waals surface area contributed by atoms with Crippen molar-refractivity contribution in [3.8, 4) is 6.07 Å². The molecule has 1 heterocycles. The maximum absolute atomic E-state index is 13.9. The predicted molar refractivity (Wildman–Crippen MR) is 88.1 cm³/mol. The average molecular weight is 309 g/mol. The molecule has 0 aliphatic carbocycles. The van der Waals surface area contributed by atoms with E-state index in [1.165, 1.54) is 17.7 Å². The number of hydrogen-bond donors (Lipinski definition) is 0. The van der Waals surface area contributed by atoms with E-state index < -0.39 is 0 Å². The molecular formula is C19H20FN3. The number of benzene rings is 2. The van der Waals surface area contributed by atoms with Crippen LogP contribution < -0.4 is 0 Å². The van der Waals surface area contributed by atoms with Crippen LogP contribution in [0.5, 0.6) is 0 Å². The van der Waals surface area contributed by atoms with Crippen molar-refractivity contribution in [3.63, 3.8) is 0 Å². The second kappa shape index (κ2) is 7.36. The van der Waals surface area contributed by atoms with Crippen molar-refractivity contribution in [3.05, 3.63) is 71.0 Å². The Labute approximate surface area is 136 Å². The number of hydrogen-bond acceptors (Lipinski definition) is 3. The second-order valence-electron chi connectivity index (χ2n) is 5.96. The first-order chi connectivity index (χ1) is 11.2. The van der Waals surface area contributed by atoms with Crippen molar-refractivity contribution in [2.24, 2.45) is 0 Å². The van der Waals surface area contributed by atoms with Gasteiger partial charge in [0.05, 0.1) is 11.6 Å². The van der Waals surface area contributed by atoms with Gasteiger partial charge in [-0.25, -0.2) is 4.39 Å². The van der Waals surface area contributed by atoms with E-state index in [1.54, 1.807) is 6.07 Å². The minimum absolute atomic E-state index is 0.226. The Bertz CT molecular complexity index is 686. The van der Waals surface area contributed by atoms with Crippen LogP contribution in [0.4, 0.5) is 4.39 Å². The Kier molecular flexibility index (Phi) is 5.02. The summed E-state index contributed by atoms with van der Waals surface area (Å²) in [6, 6.07) is 17.1. The molecule has 0 radical (unpaired) electrons. The molecule has 1 fully saturated rings. The van der Waals surface area contributed by atoms with E-state index in [2.05, 4.69) is 40.1 Å². The van der Waals surface area contributed by atoms with Gasteiger partial charge in [0.2, 0.25) is 0 Å². The topological polar surface area (TPSA) is 30.3 Å². The Morgan fingerprint density at radius 1 is 0.913 bits per heavy atom. The molecule has 1 aliphatic heterocycles. The molecule has 0 bridgehead atoms. The summed E-state index contributed by atoms with van der Waals surface area (Å²) >= 11 is 0. The summed E-state index contributed by atoms with van der Waals surface area (Å²) < 4.78 is 13.9. The molecule has 3 nitrogen and oxygen atoms in total. The van der Waals surface area contributed by atoms with Gasteiger partial charge in [-0.15, -0.1) is 0 Å². The largest absolute Gasteiger partial charge is 0.297 e. The number of halogens is 1. The Balaban J connectivity index is 1.54. The van der Waals surface area contributed by atoms with E-state index in [0.29, 0.717) is 17.7 Å². The molecule has 2 aromatic carbocycles. The van der Waals surface area contributed by atoms with Gasteiger partial charge in [-0.1, -0.05) is 30.3 Å². The summed E-state index contributed by atoms with van der Waals surface area (Å²) in [5.74, 6) is -0.226. The van der Waals surface area contributed by atoms with Gasteiger partial charge < -0.3 is 0 Å². The molecule has 0 aromatic heterocycles. The normalized spacial score (nSPS) is 16.2. The van der Waals surface area contributed by atoms with Crippen LogP contribution >= 0.6 is 0 Å². The average Bonchev–Trinajstić information content (AvgIpc) is 2.59. The van der Waals surface area contributed by atoms with Crippen LogP contribution in [-0.2, 0) is 13.1 Å². The van der Waals surface area contributed by atoms with Crippen molar-refractivity contribution in [1.29, 1.82) is 5.26 Å². The van der Waals surface area contributed by atoms with Crippen molar-refractivity contribution >= 4 is 0 Å². The highest BCUT2D eigenvalue weighted by Crippen LogP contribution is 2.15. The second-order valence-corrected chi connectivity index (χ2v) is 5.96. The Morgan fingerprint density at radius 2 is 1.57 bits per heavy atom. The molecular weight excluding hydrogens is 289 g/mol. The zero-order valence-electron chi connectivity index (χ0n) is 13.1.